The first-order chi connectivity index (χ1) is 7.16. The van der Waals surface area contributed by atoms with Gasteiger partial charge in [0, 0.05) is 10.9 Å². The van der Waals surface area contributed by atoms with Crippen molar-refractivity contribution in [1.29, 1.82) is 0 Å². The molecule has 1 aromatic rings. The summed E-state index contributed by atoms with van der Waals surface area (Å²) in [5.74, 6) is 0.174. The van der Waals surface area contributed by atoms with Gasteiger partial charge in [0.1, 0.15) is 6.10 Å². The van der Waals surface area contributed by atoms with Gasteiger partial charge in [-0.15, -0.1) is 0 Å². The number of halogens is 1. The second kappa shape index (κ2) is 4.45. The fourth-order valence-corrected chi connectivity index (χ4v) is 1.85. The van der Waals surface area contributed by atoms with Crippen molar-refractivity contribution in [2.45, 2.75) is 25.4 Å². The number of rotatable bonds is 4. The van der Waals surface area contributed by atoms with Crippen LogP contribution in [0.15, 0.2) is 28.7 Å². The molecular formula is C12H13BrO2. The third kappa shape index (κ3) is 2.89. The predicted octanol–water partition coefficient (Wildman–Crippen LogP) is 2.33. The standard InChI is InChI=1S/C12H13BrO2/c13-10-5-1-8(2-6-10)7-11(14)12(15)9-3-4-9/h1-2,5-6,9,12,15H,3-4,7H2. The van der Waals surface area contributed by atoms with Crippen LogP contribution >= 0.6 is 15.9 Å². The smallest absolute Gasteiger partial charge is 0.165 e. The Morgan fingerprint density at radius 1 is 1.40 bits per heavy atom. The van der Waals surface area contributed by atoms with Crippen LogP contribution in [0.1, 0.15) is 18.4 Å². The molecule has 1 N–H and O–H groups in total. The predicted molar refractivity (Wildman–Crippen MR) is 61.6 cm³/mol. The maximum absolute atomic E-state index is 11.6. The fourth-order valence-electron chi connectivity index (χ4n) is 1.58. The topological polar surface area (TPSA) is 37.3 Å². The normalized spacial score (nSPS) is 17.5. The number of Topliss-reactive ketones (excluding diaryl/α,β-unsaturated/α-hetero) is 1. The summed E-state index contributed by atoms with van der Waals surface area (Å²) in [5, 5.41) is 9.61. The van der Waals surface area contributed by atoms with Crippen LogP contribution in [-0.4, -0.2) is 17.0 Å². The molecule has 1 aromatic carbocycles. The van der Waals surface area contributed by atoms with Gasteiger partial charge in [-0.25, -0.2) is 0 Å². The number of carbonyl (C=O) groups excluding carboxylic acids is 1. The zero-order valence-corrected chi connectivity index (χ0v) is 9.90. The van der Waals surface area contributed by atoms with Gasteiger partial charge in [-0.05, 0) is 36.5 Å². The molecule has 1 unspecified atom stereocenters. The van der Waals surface area contributed by atoms with E-state index in [-0.39, 0.29) is 11.7 Å². The maximum Gasteiger partial charge on any atom is 0.165 e. The summed E-state index contributed by atoms with van der Waals surface area (Å²) in [6.07, 6.45) is 1.58. The van der Waals surface area contributed by atoms with E-state index in [0.717, 1.165) is 22.9 Å². The van der Waals surface area contributed by atoms with Gasteiger partial charge in [0.2, 0.25) is 0 Å². The van der Waals surface area contributed by atoms with Gasteiger partial charge in [-0.1, -0.05) is 28.1 Å². The number of hydrogen-bond donors (Lipinski definition) is 1. The Balaban J connectivity index is 1.95. The van der Waals surface area contributed by atoms with Crippen LogP contribution in [0.4, 0.5) is 0 Å². The zero-order valence-electron chi connectivity index (χ0n) is 8.32. The number of carbonyl (C=O) groups is 1. The van der Waals surface area contributed by atoms with E-state index in [1.165, 1.54) is 0 Å². The summed E-state index contributed by atoms with van der Waals surface area (Å²) in [7, 11) is 0. The molecule has 0 bridgehead atoms. The molecule has 0 amide bonds. The lowest BCUT2D eigenvalue weighted by atomic mass is 10.0. The van der Waals surface area contributed by atoms with Crippen LogP contribution in [0.2, 0.25) is 0 Å². The van der Waals surface area contributed by atoms with E-state index < -0.39 is 6.10 Å². The minimum atomic E-state index is -0.742. The summed E-state index contributed by atoms with van der Waals surface area (Å²) in [5.41, 5.74) is 0.961. The van der Waals surface area contributed by atoms with Gasteiger partial charge >= 0.3 is 0 Å². The Bertz CT molecular complexity index is 354. The highest BCUT2D eigenvalue weighted by Gasteiger charge is 2.34. The van der Waals surface area contributed by atoms with E-state index in [1.54, 1.807) is 0 Å². The van der Waals surface area contributed by atoms with Crippen LogP contribution in [0.25, 0.3) is 0 Å². The molecule has 2 rings (SSSR count). The third-order valence-electron chi connectivity index (χ3n) is 2.69. The largest absolute Gasteiger partial charge is 0.385 e. The van der Waals surface area contributed by atoms with Crippen LogP contribution in [-0.2, 0) is 11.2 Å². The minimum absolute atomic E-state index is 0.0557. The zero-order chi connectivity index (χ0) is 10.8. The molecule has 0 saturated heterocycles. The van der Waals surface area contributed by atoms with E-state index in [4.69, 9.17) is 0 Å². The maximum atomic E-state index is 11.6. The lowest BCUT2D eigenvalue weighted by molar-refractivity contribution is -0.127. The van der Waals surface area contributed by atoms with Gasteiger partial charge in [-0.2, -0.15) is 0 Å². The van der Waals surface area contributed by atoms with Crippen molar-refractivity contribution in [3.8, 4) is 0 Å². The fraction of sp³-hybridized carbons (Fsp3) is 0.417. The Labute approximate surface area is 97.4 Å². The summed E-state index contributed by atoms with van der Waals surface area (Å²) in [4.78, 5) is 11.6. The Kier molecular flexibility index (Phi) is 3.22. The average molecular weight is 269 g/mol. The molecule has 0 heterocycles. The summed E-state index contributed by atoms with van der Waals surface area (Å²) >= 11 is 3.34. The molecule has 1 fully saturated rings. The van der Waals surface area contributed by atoms with Crippen molar-refractivity contribution in [1.82, 2.24) is 0 Å². The third-order valence-corrected chi connectivity index (χ3v) is 3.22. The average Bonchev–Trinajstić information content (AvgIpc) is 3.04. The lowest BCUT2D eigenvalue weighted by Gasteiger charge is -2.07. The Morgan fingerprint density at radius 3 is 2.53 bits per heavy atom. The van der Waals surface area contributed by atoms with Crippen molar-refractivity contribution >= 4 is 21.7 Å². The first-order valence-corrected chi connectivity index (χ1v) is 5.91. The summed E-state index contributed by atoms with van der Waals surface area (Å²) < 4.78 is 1.00. The molecule has 0 aliphatic heterocycles. The molecular weight excluding hydrogens is 256 g/mol. The van der Waals surface area contributed by atoms with Crippen molar-refractivity contribution in [3.63, 3.8) is 0 Å². The highest BCUT2D eigenvalue weighted by Crippen LogP contribution is 2.33. The van der Waals surface area contributed by atoms with Crippen LogP contribution in [0.3, 0.4) is 0 Å². The number of hydrogen-bond acceptors (Lipinski definition) is 2. The second-order valence-electron chi connectivity index (χ2n) is 4.05. The molecule has 0 aromatic heterocycles. The van der Waals surface area contributed by atoms with E-state index in [2.05, 4.69) is 15.9 Å². The molecule has 1 atom stereocenters. The number of ketones is 1. The molecule has 80 valence electrons. The van der Waals surface area contributed by atoms with E-state index in [1.807, 2.05) is 24.3 Å². The first-order valence-electron chi connectivity index (χ1n) is 5.12. The number of benzene rings is 1. The molecule has 0 radical (unpaired) electrons. The van der Waals surface area contributed by atoms with Crippen molar-refractivity contribution in [2.24, 2.45) is 5.92 Å². The summed E-state index contributed by atoms with van der Waals surface area (Å²) in [6, 6.07) is 7.63. The highest BCUT2D eigenvalue weighted by molar-refractivity contribution is 9.10. The molecule has 0 spiro atoms. The first kappa shape index (κ1) is 10.8. The molecule has 1 saturated carbocycles. The van der Waals surface area contributed by atoms with Gasteiger partial charge < -0.3 is 5.11 Å². The van der Waals surface area contributed by atoms with Gasteiger partial charge in [0.15, 0.2) is 5.78 Å². The Hall–Kier alpha value is -0.670. The lowest BCUT2D eigenvalue weighted by Crippen LogP contribution is -2.24. The number of aliphatic hydroxyl groups excluding tert-OH is 1. The molecule has 1 aliphatic carbocycles. The SMILES string of the molecule is O=C(Cc1ccc(Br)cc1)C(O)C1CC1. The molecule has 2 nitrogen and oxygen atoms in total. The molecule has 3 heteroatoms. The van der Waals surface area contributed by atoms with Crippen molar-refractivity contribution < 1.29 is 9.90 Å². The quantitative estimate of drug-likeness (QED) is 0.910. The Morgan fingerprint density at radius 2 is 2.00 bits per heavy atom. The van der Waals surface area contributed by atoms with Gasteiger partial charge in [0.25, 0.3) is 0 Å². The monoisotopic (exact) mass is 268 g/mol. The van der Waals surface area contributed by atoms with Gasteiger partial charge in [-0.3, -0.25) is 4.79 Å². The van der Waals surface area contributed by atoms with Crippen LogP contribution < -0.4 is 0 Å². The highest BCUT2D eigenvalue weighted by atomic mass is 79.9. The molecule has 1 aliphatic rings. The van der Waals surface area contributed by atoms with Crippen molar-refractivity contribution in [2.75, 3.05) is 0 Å². The van der Waals surface area contributed by atoms with E-state index in [0.29, 0.717) is 6.42 Å². The minimum Gasteiger partial charge on any atom is -0.385 e. The van der Waals surface area contributed by atoms with E-state index in [9.17, 15) is 9.90 Å². The van der Waals surface area contributed by atoms with Crippen LogP contribution in [0, 0.1) is 5.92 Å². The van der Waals surface area contributed by atoms with Gasteiger partial charge in [0.05, 0.1) is 0 Å². The number of aliphatic hydroxyl groups is 1. The second-order valence-corrected chi connectivity index (χ2v) is 4.97. The van der Waals surface area contributed by atoms with E-state index >= 15 is 0 Å². The van der Waals surface area contributed by atoms with Crippen molar-refractivity contribution in [3.05, 3.63) is 34.3 Å². The van der Waals surface area contributed by atoms with Crippen LogP contribution in [0.5, 0.6) is 0 Å². The summed E-state index contributed by atoms with van der Waals surface area (Å²) in [6.45, 7) is 0. The molecule has 15 heavy (non-hydrogen) atoms.